The van der Waals surface area contributed by atoms with Crippen LogP contribution < -0.4 is 14.8 Å². The van der Waals surface area contributed by atoms with E-state index >= 15 is 0 Å². The number of aromatic nitrogens is 2. The highest BCUT2D eigenvalue weighted by molar-refractivity contribution is 7.19. The normalized spacial score (nSPS) is 12.4. The van der Waals surface area contributed by atoms with E-state index < -0.39 is 29.9 Å². The minimum Gasteiger partial charge on any atom is -0.437 e. The van der Waals surface area contributed by atoms with Gasteiger partial charge in [0, 0.05) is 5.56 Å². The van der Waals surface area contributed by atoms with Gasteiger partial charge < -0.3 is 14.8 Å². The molecule has 2 aromatic carbocycles. The molecule has 5 nitrogen and oxygen atoms in total. The highest BCUT2D eigenvalue weighted by Crippen LogP contribution is 2.44. The van der Waals surface area contributed by atoms with Crippen LogP contribution in [-0.4, -0.2) is 16.3 Å². The number of rotatable bonds is 6. The van der Waals surface area contributed by atoms with Crippen molar-refractivity contribution in [3.05, 3.63) is 77.9 Å². The second-order valence-electron chi connectivity index (χ2n) is 9.23. The van der Waals surface area contributed by atoms with Gasteiger partial charge in [-0.15, -0.1) is 13.2 Å². The van der Waals surface area contributed by atoms with E-state index in [0.29, 0.717) is 17.1 Å². The summed E-state index contributed by atoms with van der Waals surface area (Å²) in [6, 6.07) is 13.2. The predicted octanol–water partition coefficient (Wildman–Crippen LogP) is 9.09. The molecule has 0 aliphatic rings. The molecule has 2 heterocycles. The van der Waals surface area contributed by atoms with Crippen LogP contribution in [0.5, 0.6) is 17.4 Å². The van der Waals surface area contributed by atoms with Gasteiger partial charge >= 0.3 is 12.5 Å². The smallest absolute Gasteiger partial charge is 0.437 e. The second-order valence-corrected chi connectivity index (χ2v) is 10.2. The maximum atomic E-state index is 14.0. The first-order valence-corrected chi connectivity index (χ1v) is 12.1. The van der Waals surface area contributed by atoms with Gasteiger partial charge in [0.05, 0.1) is 4.88 Å². The molecule has 206 valence electrons. The van der Waals surface area contributed by atoms with E-state index in [1.165, 1.54) is 6.07 Å². The van der Waals surface area contributed by atoms with Crippen LogP contribution in [0.25, 0.3) is 10.4 Å². The third-order valence-corrected chi connectivity index (χ3v) is 6.24. The summed E-state index contributed by atoms with van der Waals surface area (Å²) in [4.78, 5) is 7.07. The van der Waals surface area contributed by atoms with E-state index in [-0.39, 0.29) is 32.6 Å². The van der Waals surface area contributed by atoms with Crippen LogP contribution >= 0.6 is 11.3 Å². The fraction of sp³-hybridized carbons (Fsp3) is 0.231. The average Bonchev–Trinajstić information content (AvgIpc) is 3.24. The molecular weight excluding hydrogens is 551 g/mol. The number of hydrogen-bond donors (Lipinski definition) is 1. The van der Waals surface area contributed by atoms with Crippen LogP contribution in [0.3, 0.4) is 0 Å². The lowest BCUT2D eigenvalue weighted by molar-refractivity contribution is -0.274. The number of ether oxygens (including phenoxy) is 2. The summed E-state index contributed by atoms with van der Waals surface area (Å²) in [5.74, 6) is -1.31. The van der Waals surface area contributed by atoms with Crippen molar-refractivity contribution in [3.63, 3.8) is 0 Å². The number of nitrogens with one attached hydrogen (secondary N) is 1. The summed E-state index contributed by atoms with van der Waals surface area (Å²) in [6.45, 7) is 5.85. The summed E-state index contributed by atoms with van der Waals surface area (Å²) < 4.78 is 103. The first-order valence-electron chi connectivity index (χ1n) is 11.3. The number of benzene rings is 2. The van der Waals surface area contributed by atoms with Crippen LogP contribution in [-0.2, 0) is 11.6 Å². The molecule has 0 fully saturated rings. The second kappa shape index (κ2) is 10.4. The van der Waals surface area contributed by atoms with Gasteiger partial charge in [0.2, 0.25) is 11.8 Å². The lowest BCUT2D eigenvalue weighted by Crippen LogP contribution is -2.16. The van der Waals surface area contributed by atoms with Gasteiger partial charge in [0.15, 0.2) is 10.8 Å². The van der Waals surface area contributed by atoms with E-state index in [1.54, 1.807) is 12.1 Å². The first-order chi connectivity index (χ1) is 18.1. The number of pyridine rings is 1. The van der Waals surface area contributed by atoms with Crippen molar-refractivity contribution in [3.8, 4) is 27.8 Å². The standard InChI is InChI=1S/C26H20F7N3O2S/c1-24(2,3)16-6-4-5-7-18(16)37-22-17(12-13-19(27)35-22)34-23-36-21(25(28,29)30)20(39-23)14-8-10-15(11-9-14)38-26(31,32)33/h4-13H,1-3H3,(H,34,36). The van der Waals surface area contributed by atoms with Crippen molar-refractivity contribution in [1.82, 2.24) is 9.97 Å². The molecule has 0 atom stereocenters. The largest absolute Gasteiger partial charge is 0.573 e. The highest BCUT2D eigenvalue weighted by atomic mass is 32.1. The first kappa shape index (κ1) is 28.1. The third-order valence-electron chi connectivity index (χ3n) is 5.22. The Balaban J connectivity index is 1.69. The van der Waals surface area contributed by atoms with Gasteiger partial charge in [-0.05, 0) is 53.4 Å². The van der Waals surface area contributed by atoms with Crippen molar-refractivity contribution >= 4 is 22.2 Å². The number of thiazole rings is 1. The molecule has 4 aromatic rings. The van der Waals surface area contributed by atoms with Gasteiger partial charge in [0.1, 0.15) is 17.2 Å². The fourth-order valence-electron chi connectivity index (χ4n) is 3.55. The predicted molar refractivity (Wildman–Crippen MR) is 132 cm³/mol. The van der Waals surface area contributed by atoms with Crippen LogP contribution in [0.1, 0.15) is 32.0 Å². The molecule has 39 heavy (non-hydrogen) atoms. The minimum atomic E-state index is -4.95. The Morgan fingerprint density at radius 2 is 1.49 bits per heavy atom. The lowest BCUT2D eigenvalue weighted by Gasteiger charge is -2.22. The Hall–Kier alpha value is -3.87. The quantitative estimate of drug-likeness (QED) is 0.185. The van der Waals surface area contributed by atoms with Crippen molar-refractivity contribution in [1.29, 1.82) is 0 Å². The molecule has 4 rings (SSSR count). The average molecular weight is 572 g/mol. The van der Waals surface area contributed by atoms with E-state index in [2.05, 4.69) is 20.0 Å². The molecule has 0 aliphatic carbocycles. The molecule has 1 N–H and O–H groups in total. The summed E-state index contributed by atoms with van der Waals surface area (Å²) >= 11 is 0.598. The lowest BCUT2D eigenvalue weighted by atomic mass is 9.86. The monoisotopic (exact) mass is 571 g/mol. The molecular formula is C26H20F7N3O2S. The van der Waals surface area contributed by atoms with Crippen LogP contribution in [0.2, 0.25) is 0 Å². The Bertz CT molecular complexity index is 1460. The Labute approximate surface area is 222 Å². The van der Waals surface area contributed by atoms with Gasteiger partial charge in [0.25, 0.3) is 0 Å². The van der Waals surface area contributed by atoms with Gasteiger partial charge in [-0.25, -0.2) is 4.98 Å². The van der Waals surface area contributed by atoms with Crippen molar-refractivity contribution < 1.29 is 40.2 Å². The number of para-hydroxylation sites is 1. The molecule has 0 radical (unpaired) electrons. The Morgan fingerprint density at radius 3 is 2.10 bits per heavy atom. The molecule has 0 saturated heterocycles. The number of hydrogen-bond acceptors (Lipinski definition) is 6. The molecule has 0 aliphatic heterocycles. The van der Waals surface area contributed by atoms with Crippen LogP contribution in [0, 0.1) is 5.95 Å². The van der Waals surface area contributed by atoms with Crippen molar-refractivity contribution in [2.24, 2.45) is 0 Å². The number of halogens is 7. The Kier molecular flexibility index (Phi) is 7.48. The molecule has 0 spiro atoms. The molecule has 2 aromatic heterocycles. The summed E-state index contributed by atoms with van der Waals surface area (Å²) in [5, 5.41) is 2.48. The van der Waals surface area contributed by atoms with Crippen LogP contribution in [0.4, 0.5) is 41.6 Å². The van der Waals surface area contributed by atoms with E-state index in [9.17, 15) is 30.7 Å². The maximum absolute atomic E-state index is 14.0. The number of alkyl halides is 6. The minimum absolute atomic E-state index is 0.0322. The SMILES string of the molecule is CC(C)(C)c1ccccc1Oc1nc(F)ccc1Nc1nc(C(F)(F)F)c(-c2ccc(OC(F)(F)F)cc2)s1. The molecule has 0 unspecified atom stereocenters. The summed E-state index contributed by atoms with van der Waals surface area (Å²) in [6.07, 6.45) is -9.82. The summed E-state index contributed by atoms with van der Waals surface area (Å²) in [5.41, 5.74) is -0.798. The van der Waals surface area contributed by atoms with Gasteiger partial charge in [-0.3, -0.25) is 0 Å². The topological polar surface area (TPSA) is 56.3 Å². The third kappa shape index (κ3) is 6.96. The van der Waals surface area contributed by atoms with E-state index in [0.717, 1.165) is 35.9 Å². The Morgan fingerprint density at radius 1 is 0.821 bits per heavy atom. The zero-order valence-corrected chi connectivity index (χ0v) is 21.4. The maximum Gasteiger partial charge on any atom is 0.573 e. The van der Waals surface area contributed by atoms with Crippen LogP contribution in [0.15, 0.2) is 60.7 Å². The number of anilines is 2. The zero-order valence-electron chi connectivity index (χ0n) is 20.5. The van der Waals surface area contributed by atoms with Gasteiger partial charge in [-0.2, -0.15) is 22.5 Å². The zero-order chi connectivity index (χ0) is 28.6. The highest BCUT2D eigenvalue weighted by Gasteiger charge is 2.38. The molecule has 0 amide bonds. The molecule has 0 saturated carbocycles. The van der Waals surface area contributed by atoms with E-state index in [4.69, 9.17) is 4.74 Å². The summed E-state index contributed by atoms with van der Waals surface area (Å²) in [7, 11) is 0. The van der Waals surface area contributed by atoms with Crippen molar-refractivity contribution in [2.75, 3.05) is 5.32 Å². The van der Waals surface area contributed by atoms with Crippen molar-refractivity contribution in [2.45, 2.75) is 38.7 Å². The molecule has 13 heteroatoms. The molecule has 0 bridgehead atoms. The number of nitrogens with zero attached hydrogens (tertiary/aromatic N) is 2. The fourth-order valence-corrected chi connectivity index (χ4v) is 4.56. The van der Waals surface area contributed by atoms with Gasteiger partial charge in [-0.1, -0.05) is 50.3 Å². The van der Waals surface area contributed by atoms with E-state index in [1.807, 2.05) is 32.9 Å².